The first-order valence-electron chi connectivity index (χ1n) is 8.82. The molecule has 0 spiro atoms. The summed E-state index contributed by atoms with van der Waals surface area (Å²) >= 11 is 0. The van der Waals surface area contributed by atoms with Crippen molar-refractivity contribution < 1.29 is 9.59 Å². The lowest BCUT2D eigenvalue weighted by molar-refractivity contribution is -0.135. The molecule has 2 aromatic carbocycles. The van der Waals surface area contributed by atoms with Gasteiger partial charge in [0.1, 0.15) is 0 Å². The topological polar surface area (TPSA) is 66.6 Å². The quantitative estimate of drug-likeness (QED) is 0.930. The Hall–Kier alpha value is -2.56. The third-order valence-corrected chi connectivity index (χ3v) is 5.06. The highest BCUT2D eigenvalue weighted by molar-refractivity contribution is 5.86. The Labute approximate surface area is 148 Å². The van der Waals surface area contributed by atoms with Crippen LogP contribution in [0.3, 0.4) is 0 Å². The molecular weight excluding hydrogens is 314 g/mol. The second kappa shape index (κ2) is 7.55. The van der Waals surface area contributed by atoms with E-state index in [9.17, 15) is 9.59 Å². The van der Waals surface area contributed by atoms with Gasteiger partial charge in [0.2, 0.25) is 5.91 Å². The predicted molar refractivity (Wildman–Crippen MR) is 99.2 cm³/mol. The van der Waals surface area contributed by atoms with Crippen molar-refractivity contribution in [3.8, 4) is 0 Å². The first-order chi connectivity index (χ1) is 12.1. The number of primary amides is 1. The minimum atomic E-state index is -0.434. The molecule has 5 heteroatoms. The van der Waals surface area contributed by atoms with E-state index in [-0.39, 0.29) is 11.8 Å². The molecule has 5 nitrogen and oxygen atoms in total. The van der Waals surface area contributed by atoms with Crippen LogP contribution in [0, 0.1) is 5.92 Å². The standard InChI is InChI=1S/C20H25N3O2/c1-22(19(24)17-9-5-12-23(14-17)20(21)25)13-11-16-8-4-7-15-6-2-3-10-18(15)16/h2-4,6-8,10,17H,5,9,11-14H2,1H3,(H2,21,25). The van der Waals surface area contributed by atoms with E-state index in [1.807, 2.05) is 19.2 Å². The molecule has 0 bridgehead atoms. The zero-order valence-electron chi connectivity index (χ0n) is 14.6. The van der Waals surface area contributed by atoms with E-state index >= 15 is 0 Å². The van der Waals surface area contributed by atoms with Crippen molar-refractivity contribution in [1.82, 2.24) is 9.80 Å². The van der Waals surface area contributed by atoms with Crippen LogP contribution >= 0.6 is 0 Å². The molecule has 0 radical (unpaired) electrons. The Morgan fingerprint density at radius 3 is 2.76 bits per heavy atom. The van der Waals surface area contributed by atoms with Crippen molar-refractivity contribution in [1.29, 1.82) is 0 Å². The normalized spacial score (nSPS) is 17.5. The maximum Gasteiger partial charge on any atom is 0.314 e. The number of piperidine rings is 1. The maximum atomic E-state index is 12.7. The van der Waals surface area contributed by atoms with Gasteiger partial charge in [0.15, 0.2) is 0 Å². The number of amides is 3. The number of hydrogen-bond donors (Lipinski definition) is 1. The van der Waals surface area contributed by atoms with Crippen LogP contribution in [0.25, 0.3) is 10.8 Å². The Bertz CT molecular complexity index is 769. The zero-order valence-corrected chi connectivity index (χ0v) is 14.6. The second-order valence-electron chi connectivity index (χ2n) is 6.77. The number of carbonyl (C=O) groups excluding carboxylic acids is 2. The van der Waals surface area contributed by atoms with Crippen LogP contribution in [-0.4, -0.2) is 48.4 Å². The van der Waals surface area contributed by atoms with Crippen LogP contribution < -0.4 is 5.73 Å². The van der Waals surface area contributed by atoms with Crippen LogP contribution in [0.5, 0.6) is 0 Å². The van der Waals surface area contributed by atoms with E-state index in [0.717, 1.165) is 19.3 Å². The van der Waals surface area contributed by atoms with E-state index in [4.69, 9.17) is 5.73 Å². The van der Waals surface area contributed by atoms with Crippen LogP contribution in [0.15, 0.2) is 42.5 Å². The van der Waals surface area contributed by atoms with E-state index < -0.39 is 6.03 Å². The third kappa shape index (κ3) is 3.92. The summed E-state index contributed by atoms with van der Waals surface area (Å²) in [5, 5.41) is 2.46. The smallest absolute Gasteiger partial charge is 0.314 e. The zero-order chi connectivity index (χ0) is 17.8. The maximum absolute atomic E-state index is 12.7. The molecule has 1 aliphatic heterocycles. The van der Waals surface area contributed by atoms with Crippen molar-refractivity contribution in [3.05, 3.63) is 48.0 Å². The minimum Gasteiger partial charge on any atom is -0.351 e. The first-order valence-corrected chi connectivity index (χ1v) is 8.82. The fourth-order valence-corrected chi connectivity index (χ4v) is 3.60. The lowest BCUT2D eigenvalue weighted by atomic mass is 9.96. The number of fused-ring (bicyclic) bond motifs is 1. The molecular formula is C20H25N3O2. The summed E-state index contributed by atoms with van der Waals surface area (Å²) < 4.78 is 0. The monoisotopic (exact) mass is 339 g/mol. The first kappa shape index (κ1) is 17.3. The Morgan fingerprint density at radius 1 is 1.20 bits per heavy atom. The van der Waals surface area contributed by atoms with Gasteiger partial charge >= 0.3 is 6.03 Å². The fraction of sp³-hybridized carbons (Fsp3) is 0.400. The second-order valence-corrected chi connectivity index (χ2v) is 6.77. The van der Waals surface area contributed by atoms with Crippen LogP contribution in [0.1, 0.15) is 18.4 Å². The molecule has 1 aliphatic rings. The van der Waals surface area contributed by atoms with Gasteiger partial charge in [-0.25, -0.2) is 4.79 Å². The Morgan fingerprint density at radius 2 is 1.96 bits per heavy atom. The molecule has 0 aromatic heterocycles. The van der Waals surface area contributed by atoms with Gasteiger partial charge < -0.3 is 15.5 Å². The van der Waals surface area contributed by atoms with Crippen molar-refractivity contribution >= 4 is 22.7 Å². The van der Waals surface area contributed by atoms with E-state index in [0.29, 0.717) is 19.6 Å². The summed E-state index contributed by atoms with van der Waals surface area (Å²) in [6.45, 7) is 1.76. The molecule has 1 heterocycles. The highest BCUT2D eigenvalue weighted by Crippen LogP contribution is 2.21. The SMILES string of the molecule is CN(CCc1cccc2ccccc12)C(=O)C1CCCN(C(N)=O)C1. The molecule has 0 aliphatic carbocycles. The van der Waals surface area contributed by atoms with Crippen LogP contribution in [0.2, 0.25) is 0 Å². The van der Waals surface area contributed by atoms with Gasteiger partial charge in [-0.05, 0) is 35.6 Å². The number of urea groups is 1. The number of nitrogens with two attached hydrogens (primary N) is 1. The summed E-state index contributed by atoms with van der Waals surface area (Å²) in [5.74, 6) is -0.0371. The van der Waals surface area contributed by atoms with E-state index in [2.05, 4.69) is 30.3 Å². The van der Waals surface area contributed by atoms with Crippen LogP contribution in [-0.2, 0) is 11.2 Å². The van der Waals surface area contributed by atoms with Gasteiger partial charge in [0.05, 0.1) is 5.92 Å². The van der Waals surface area contributed by atoms with Gasteiger partial charge in [-0.15, -0.1) is 0 Å². The van der Waals surface area contributed by atoms with E-state index in [1.54, 1.807) is 9.80 Å². The molecule has 1 unspecified atom stereocenters. The van der Waals surface area contributed by atoms with Gasteiger partial charge in [0.25, 0.3) is 0 Å². The number of benzene rings is 2. The van der Waals surface area contributed by atoms with Crippen molar-refractivity contribution in [2.45, 2.75) is 19.3 Å². The Balaban J connectivity index is 1.62. The highest BCUT2D eigenvalue weighted by atomic mass is 16.2. The number of likely N-dealkylation sites (tertiary alicyclic amines) is 1. The average molecular weight is 339 g/mol. The average Bonchev–Trinajstić information content (AvgIpc) is 2.65. The summed E-state index contributed by atoms with van der Waals surface area (Å²) in [5.41, 5.74) is 6.61. The largest absolute Gasteiger partial charge is 0.351 e. The Kier molecular flexibility index (Phi) is 5.22. The lowest BCUT2D eigenvalue weighted by Gasteiger charge is -2.33. The molecule has 25 heavy (non-hydrogen) atoms. The molecule has 2 N–H and O–H groups in total. The molecule has 132 valence electrons. The third-order valence-electron chi connectivity index (χ3n) is 5.06. The number of likely N-dealkylation sites (N-methyl/N-ethyl adjacent to an activating group) is 1. The summed E-state index contributed by atoms with van der Waals surface area (Å²) in [6, 6.07) is 14.2. The minimum absolute atomic E-state index is 0.103. The molecule has 3 amide bonds. The van der Waals surface area contributed by atoms with E-state index in [1.165, 1.54) is 16.3 Å². The van der Waals surface area contributed by atoms with Crippen molar-refractivity contribution in [2.24, 2.45) is 11.7 Å². The number of rotatable bonds is 4. The molecule has 1 atom stereocenters. The highest BCUT2D eigenvalue weighted by Gasteiger charge is 2.29. The molecule has 3 rings (SSSR count). The van der Waals surface area contributed by atoms with Gasteiger partial charge in [0, 0.05) is 26.7 Å². The van der Waals surface area contributed by atoms with Crippen LogP contribution in [0.4, 0.5) is 4.79 Å². The number of hydrogen-bond acceptors (Lipinski definition) is 2. The summed E-state index contributed by atoms with van der Waals surface area (Å²) in [7, 11) is 1.84. The fourth-order valence-electron chi connectivity index (χ4n) is 3.60. The van der Waals surface area contributed by atoms with Crippen molar-refractivity contribution in [2.75, 3.05) is 26.7 Å². The number of nitrogens with zero attached hydrogens (tertiary/aromatic N) is 2. The predicted octanol–water partition coefficient (Wildman–Crippen LogP) is 2.63. The van der Waals surface area contributed by atoms with Gasteiger partial charge in [-0.3, -0.25) is 4.79 Å². The summed E-state index contributed by atoms with van der Waals surface area (Å²) in [6.07, 6.45) is 2.47. The van der Waals surface area contributed by atoms with Gasteiger partial charge in [-0.1, -0.05) is 42.5 Å². The molecule has 1 fully saturated rings. The lowest BCUT2D eigenvalue weighted by Crippen LogP contribution is -2.47. The van der Waals surface area contributed by atoms with Gasteiger partial charge in [-0.2, -0.15) is 0 Å². The van der Waals surface area contributed by atoms with Crippen molar-refractivity contribution in [3.63, 3.8) is 0 Å². The molecule has 2 aromatic rings. The summed E-state index contributed by atoms with van der Waals surface area (Å²) in [4.78, 5) is 27.4. The molecule has 1 saturated heterocycles. The number of carbonyl (C=O) groups is 2. The molecule has 0 saturated carbocycles.